The molecule has 0 aliphatic rings. The van der Waals surface area contributed by atoms with Gasteiger partial charge in [-0.25, -0.2) is 0 Å². The number of amides is 2. The first-order chi connectivity index (χ1) is 14.9. The Morgan fingerprint density at radius 3 is 2.48 bits per heavy atom. The van der Waals surface area contributed by atoms with Gasteiger partial charge in [-0.2, -0.15) is 0 Å². The van der Waals surface area contributed by atoms with Crippen molar-refractivity contribution in [3.8, 4) is 11.3 Å². The van der Waals surface area contributed by atoms with Gasteiger partial charge in [0.05, 0.1) is 10.9 Å². The normalized spacial score (nSPS) is 11.6. The van der Waals surface area contributed by atoms with Crippen molar-refractivity contribution in [1.29, 1.82) is 0 Å². The Morgan fingerprint density at radius 2 is 1.81 bits per heavy atom. The van der Waals surface area contributed by atoms with Crippen molar-refractivity contribution in [2.45, 2.75) is 30.7 Å². The summed E-state index contributed by atoms with van der Waals surface area (Å²) in [6, 6.07) is 13.6. The molecule has 10 heteroatoms. The summed E-state index contributed by atoms with van der Waals surface area (Å²) in [6.45, 7) is 3.43. The van der Waals surface area contributed by atoms with E-state index in [-0.39, 0.29) is 22.7 Å². The molecule has 0 spiro atoms. The number of carbonyl (C=O) groups is 2. The molecule has 3 aromatic rings. The Bertz CT molecular complexity index is 1150. The van der Waals surface area contributed by atoms with Crippen molar-refractivity contribution >= 4 is 46.6 Å². The van der Waals surface area contributed by atoms with E-state index in [0.717, 1.165) is 11.8 Å². The van der Waals surface area contributed by atoms with E-state index in [0.29, 0.717) is 28.4 Å². The molecular formula is C21H20ClN5O3S. The average Bonchev–Trinajstić information content (AvgIpc) is 2.76. The van der Waals surface area contributed by atoms with Crippen molar-refractivity contribution in [1.82, 2.24) is 15.2 Å². The molecule has 3 rings (SSSR count). The standard InChI is InChI=1S/C21H20ClN5O3S/c1-3-17(28)24-16-7-5-4-6-15(16)18-20(30)25-21(27-26-18)31-12(2)19(29)23-14-10-8-13(22)9-11-14/h4-12H,3H2,1-2H3,(H,23,29)(H,24,28)(H,25,27,30). The van der Waals surface area contributed by atoms with E-state index in [1.807, 2.05) is 0 Å². The van der Waals surface area contributed by atoms with Crippen LogP contribution >= 0.6 is 23.4 Å². The lowest BCUT2D eigenvalue weighted by molar-refractivity contribution is -0.116. The average molecular weight is 458 g/mol. The molecule has 8 nitrogen and oxygen atoms in total. The summed E-state index contributed by atoms with van der Waals surface area (Å²) in [5, 5.41) is 13.8. The molecule has 0 aliphatic heterocycles. The maximum atomic E-state index is 12.6. The van der Waals surface area contributed by atoms with Crippen LogP contribution in [0.3, 0.4) is 0 Å². The summed E-state index contributed by atoms with van der Waals surface area (Å²) < 4.78 is 0. The zero-order valence-corrected chi connectivity index (χ0v) is 18.4. The van der Waals surface area contributed by atoms with Gasteiger partial charge in [-0.3, -0.25) is 19.4 Å². The fourth-order valence-corrected chi connectivity index (χ4v) is 3.45. The van der Waals surface area contributed by atoms with Crippen LogP contribution in [0.4, 0.5) is 11.4 Å². The van der Waals surface area contributed by atoms with Crippen molar-refractivity contribution in [2.24, 2.45) is 0 Å². The van der Waals surface area contributed by atoms with Crippen LogP contribution in [0.1, 0.15) is 20.3 Å². The highest BCUT2D eigenvalue weighted by molar-refractivity contribution is 8.00. The van der Waals surface area contributed by atoms with Crippen LogP contribution in [-0.4, -0.2) is 32.2 Å². The lowest BCUT2D eigenvalue weighted by Crippen LogP contribution is -2.23. The minimum absolute atomic E-state index is 0.0784. The predicted molar refractivity (Wildman–Crippen MR) is 122 cm³/mol. The Hall–Kier alpha value is -3.17. The molecule has 1 aromatic heterocycles. The summed E-state index contributed by atoms with van der Waals surface area (Å²) in [5.41, 5.74) is 1.16. The van der Waals surface area contributed by atoms with Crippen LogP contribution in [0.25, 0.3) is 11.3 Å². The Labute approximate surface area is 187 Å². The number of hydrogen-bond donors (Lipinski definition) is 3. The number of benzene rings is 2. The summed E-state index contributed by atoms with van der Waals surface area (Å²) in [4.78, 5) is 39.4. The topological polar surface area (TPSA) is 117 Å². The number of nitrogens with zero attached hydrogens (tertiary/aromatic N) is 2. The zero-order valence-electron chi connectivity index (χ0n) is 16.8. The first-order valence-corrected chi connectivity index (χ1v) is 10.7. The largest absolute Gasteiger partial charge is 0.325 e. The van der Waals surface area contributed by atoms with E-state index in [4.69, 9.17) is 11.6 Å². The molecular weight excluding hydrogens is 438 g/mol. The van der Waals surface area contributed by atoms with Crippen LogP contribution in [0.15, 0.2) is 58.5 Å². The molecule has 0 radical (unpaired) electrons. The fourth-order valence-electron chi connectivity index (χ4n) is 2.59. The fraction of sp³-hybridized carbons (Fsp3) is 0.190. The highest BCUT2D eigenvalue weighted by Gasteiger charge is 2.18. The van der Waals surface area contributed by atoms with Crippen molar-refractivity contribution < 1.29 is 9.59 Å². The number of thioether (sulfide) groups is 1. The van der Waals surface area contributed by atoms with Gasteiger partial charge in [0.1, 0.15) is 0 Å². The highest BCUT2D eigenvalue weighted by Crippen LogP contribution is 2.25. The monoisotopic (exact) mass is 457 g/mol. The molecule has 3 N–H and O–H groups in total. The van der Waals surface area contributed by atoms with Gasteiger partial charge in [0.25, 0.3) is 5.56 Å². The van der Waals surface area contributed by atoms with Crippen LogP contribution in [0.2, 0.25) is 5.02 Å². The Balaban J connectivity index is 1.74. The second-order valence-corrected chi connectivity index (χ2v) is 8.28. The third-order valence-electron chi connectivity index (χ3n) is 4.22. The molecule has 1 atom stereocenters. The quantitative estimate of drug-likeness (QED) is 0.462. The minimum atomic E-state index is -0.539. The van der Waals surface area contributed by atoms with Crippen LogP contribution in [0, 0.1) is 0 Å². The number of rotatable bonds is 7. The number of para-hydroxylation sites is 1. The molecule has 0 saturated carbocycles. The Morgan fingerprint density at radius 1 is 1.10 bits per heavy atom. The van der Waals surface area contributed by atoms with Gasteiger partial charge < -0.3 is 10.6 Å². The first-order valence-electron chi connectivity index (χ1n) is 9.46. The van der Waals surface area contributed by atoms with Crippen LogP contribution in [-0.2, 0) is 9.59 Å². The highest BCUT2D eigenvalue weighted by atomic mass is 35.5. The molecule has 1 heterocycles. The molecule has 0 saturated heterocycles. The molecule has 31 heavy (non-hydrogen) atoms. The molecule has 1 unspecified atom stereocenters. The van der Waals surface area contributed by atoms with Gasteiger partial charge in [-0.05, 0) is 37.3 Å². The second-order valence-electron chi connectivity index (χ2n) is 6.51. The Kier molecular flexibility index (Phi) is 7.43. The SMILES string of the molecule is CCC(=O)Nc1ccccc1-c1nnc(SC(C)C(=O)Nc2ccc(Cl)cc2)[nH]c1=O. The lowest BCUT2D eigenvalue weighted by Gasteiger charge is -2.12. The van der Waals surface area contributed by atoms with Gasteiger partial charge in [0.2, 0.25) is 11.8 Å². The van der Waals surface area contributed by atoms with Gasteiger partial charge in [-0.1, -0.05) is 48.5 Å². The van der Waals surface area contributed by atoms with Gasteiger partial charge in [0, 0.05) is 22.7 Å². The van der Waals surface area contributed by atoms with Crippen molar-refractivity contribution in [3.05, 3.63) is 63.9 Å². The number of aromatic amines is 1. The summed E-state index contributed by atoms with van der Waals surface area (Å²) >= 11 is 6.92. The number of halogens is 1. The lowest BCUT2D eigenvalue weighted by atomic mass is 10.1. The van der Waals surface area contributed by atoms with E-state index in [9.17, 15) is 14.4 Å². The summed E-state index contributed by atoms with van der Waals surface area (Å²) in [6.07, 6.45) is 0.307. The van der Waals surface area contributed by atoms with Crippen molar-refractivity contribution in [3.63, 3.8) is 0 Å². The number of aromatic nitrogens is 3. The van der Waals surface area contributed by atoms with E-state index in [1.165, 1.54) is 0 Å². The summed E-state index contributed by atoms with van der Waals surface area (Å²) in [5.74, 6) is -0.434. The van der Waals surface area contributed by atoms with Gasteiger partial charge >= 0.3 is 0 Å². The van der Waals surface area contributed by atoms with Crippen LogP contribution in [0.5, 0.6) is 0 Å². The van der Waals surface area contributed by atoms with Gasteiger partial charge in [-0.15, -0.1) is 10.2 Å². The molecule has 0 fully saturated rings. The van der Waals surface area contributed by atoms with Gasteiger partial charge in [0.15, 0.2) is 10.9 Å². The number of anilines is 2. The van der Waals surface area contributed by atoms with E-state index < -0.39 is 10.8 Å². The summed E-state index contributed by atoms with van der Waals surface area (Å²) in [7, 11) is 0. The molecule has 160 valence electrons. The molecule has 0 bridgehead atoms. The third-order valence-corrected chi connectivity index (χ3v) is 5.45. The maximum absolute atomic E-state index is 12.6. The zero-order chi connectivity index (χ0) is 22.4. The molecule has 2 amide bonds. The number of nitrogens with one attached hydrogen (secondary N) is 3. The molecule has 2 aromatic carbocycles. The van der Waals surface area contributed by atoms with E-state index in [2.05, 4.69) is 25.8 Å². The molecule has 0 aliphatic carbocycles. The smallest absolute Gasteiger partial charge is 0.278 e. The second kappa shape index (κ2) is 10.2. The first kappa shape index (κ1) is 22.5. The number of carbonyl (C=O) groups excluding carboxylic acids is 2. The van der Waals surface area contributed by atoms with E-state index in [1.54, 1.807) is 62.4 Å². The van der Waals surface area contributed by atoms with Crippen LogP contribution < -0.4 is 16.2 Å². The maximum Gasteiger partial charge on any atom is 0.278 e. The van der Waals surface area contributed by atoms with Crippen molar-refractivity contribution in [2.75, 3.05) is 10.6 Å². The predicted octanol–water partition coefficient (Wildman–Crippen LogP) is 3.95. The van der Waals surface area contributed by atoms with E-state index >= 15 is 0 Å². The minimum Gasteiger partial charge on any atom is -0.325 e. The third kappa shape index (κ3) is 5.93. The number of H-pyrrole nitrogens is 1. The number of hydrogen-bond acceptors (Lipinski definition) is 6.